The summed E-state index contributed by atoms with van der Waals surface area (Å²) in [7, 11) is 0. The van der Waals surface area contributed by atoms with Crippen molar-refractivity contribution in [3.63, 3.8) is 0 Å². The normalized spacial score (nSPS) is 16.9. The molecule has 158 valence electrons. The maximum Gasteiger partial charge on any atom is 0.226 e. The van der Waals surface area contributed by atoms with Gasteiger partial charge >= 0.3 is 0 Å². The Morgan fingerprint density at radius 3 is 2.87 bits per heavy atom. The number of amides is 1. The third kappa shape index (κ3) is 4.65. The molecule has 1 aliphatic carbocycles. The number of hydrogen-bond donors (Lipinski definition) is 0. The summed E-state index contributed by atoms with van der Waals surface area (Å²) in [6.07, 6.45) is 11.5. The Balaban J connectivity index is 1.65. The third-order valence-corrected chi connectivity index (χ3v) is 6.95. The summed E-state index contributed by atoms with van der Waals surface area (Å²) in [6.45, 7) is 4.21. The van der Waals surface area contributed by atoms with Crippen molar-refractivity contribution in [2.75, 3.05) is 19.8 Å². The van der Waals surface area contributed by atoms with E-state index in [1.807, 2.05) is 11.0 Å². The van der Waals surface area contributed by atoms with Gasteiger partial charge in [0.05, 0.1) is 13.2 Å². The van der Waals surface area contributed by atoms with Crippen LogP contribution in [0, 0.1) is 25.2 Å². The summed E-state index contributed by atoms with van der Waals surface area (Å²) in [5.74, 6) is 4.53. The highest BCUT2D eigenvalue weighted by Crippen LogP contribution is 2.40. The van der Waals surface area contributed by atoms with E-state index >= 15 is 0 Å². The van der Waals surface area contributed by atoms with Crippen molar-refractivity contribution in [1.29, 1.82) is 0 Å². The summed E-state index contributed by atoms with van der Waals surface area (Å²) in [4.78, 5) is 17.6. The van der Waals surface area contributed by atoms with Crippen LogP contribution in [0.2, 0.25) is 0 Å². The zero-order valence-electron chi connectivity index (χ0n) is 17.6. The van der Waals surface area contributed by atoms with Crippen LogP contribution in [0.25, 0.3) is 10.4 Å². The van der Waals surface area contributed by atoms with Gasteiger partial charge in [0.2, 0.25) is 5.91 Å². The first-order valence-electron chi connectivity index (χ1n) is 10.9. The molecule has 0 bridgehead atoms. The lowest BCUT2D eigenvalue weighted by Crippen LogP contribution is -2.37. The predicted molar refractivity (Wildman–Crippen MR) is 121 cm³/mol. The van der Waals surface area contributed by atoms with Crippen molar-refractivity contribution >= 4 is 17.2 Å². The summed E-state index contributed by atoms with van der Waals surface area (Å²) in [5, 5.41) is 0. The molecule has 0 spiro atoms. The molecule has 0 saturated heterocycles. The molecule has 1 aromatic heterocycles. The molecule has 1 amide bonds. The highest BCUT2D eigenvalue weighted by molar-refractivity contribution is 7.15. The second-order valence-electron chi connectivity index (χ2n) is 8.12. The van der Waals surface area contributed by atoms with Gasteiger partial charge in [-0.05, 0) is 49.6 Å². The Labute approximate surface area is 183 Å². The highest BCUT2D eigenvalue weighted by Gasteiger charge is 2.29. The second kappa shape index (κ2) is 9.57. The van der Waals surface area contributed by atoms with E-state index in [1.54, 1.807) is 11.3 Å². The van der Waals surface area contributed by atoms with Gasteiger partial charge in [-0.1, -0.05) is 19.3 Å². The SMILES string of the molecule is C#CCCOc1cc(-c2ccc(C)s2)cc2c1OCCN(C(=O)C1CCCCC1)C2. The Morgan fingerprint density at radius 2 is 2.13 bits per heavy atom. The van der Waals surface area contributed by atoms with Crippen LogP contribution in [0.4, 0.5) is 0 Å². The van der Waals surface area contributed by atoms with Crippen molar-refractivity contribution in [3.05, 3.63) is 34.7 Å². The number of thiophene rings is 1. The average Bonchev–Trinajstić information content (AvgIpc) is 3.08. The molecular weight excluding hydrogens is 394 g/mol. The number of fused-ring (bicyclic) bond motifs is 1. The Morgan fingerprint density at radius 1 is 1.30 bits per heavy atom. The van der Waals surface area contributed by atoms with Gasteiger partial charge in [-0.2, -0.15) is 0 Å². The van der Waals surface area contributed by atoms with Gasteiger partial charge in [-0.3, -0.25) is 4.79 Å². The fraction of sp³-hybridized carbons (Fsp3) is 0.480. The van der Waals surface area contributed by atoms with E-state index < -0.39 is 0 Å². The minimum absolute atomic E-state index is 0.162. The van der Waals surface area contributed by atoms with Crippen LogP contribution in [-0.2, 0) is 11.3 Å². The quantitative estimate of drug-likeness (QED) is 0.476. The lowest BCUT2D eigenvalue weighted by atomic mass is 9.88. The number of aryl methyl sites for hydroxylation is 1. The standard InChI is InChI=1S/C25H29NO3S/c1-3-4-13-28-22-16-20(23-11-10-18(2)30-23)15-21-17-26(12-14-29-24(21)22)25(27)19-8-6-5-7-9-19/h1,10-11,15-16,19H,4-9,12-14,17H2,2H3. The summed E-state index contributed by atoms with van der Waals surface area (Å²) in [6, 6.07) is 8.45. The van der Waals surface area contributed by atoms with Crippen LogP contribution < -0.4 is 9.47 Å². The fourth-order valence-electron chi connectivity index (χ4n) is 4.34. The van der Waals surface area contributed by atoms with E-state index in [4.69, 9.17) is 15.9 Å². The van der Waals surface area contributed by atoms with Crippen molar-refractivity contribution < 1.29 is 14.3 Å². The van der Waals surface area contributed by atoms with Gasteiger partial charge in [-0.15, -0.1) is 23.7 Å². The van der Waals surface area contributed by atoms with E-state index in [9.17, 15) is 4.79 Å². The molecule has 30 heavy (non-hydrogen) atoms. The van der Waals surface area contributed by atoms with Gasteiger partial charge in [0, 0.05) is 34.2 Å². The van der Waals surface area contributed by atoms with Gasteiger partial charge in [0.15, 0.2) is 11.5 Å². The van der Waals surface area contributed by atoms with E-state index in [0.717, 1.165) is 48.3 Å². The van der Waals surface area contributed by atoms with Crippen LogP contribution in [0.5, 0.6) is 11.5 Å². The molecule has 0 atom stereocenters. The predicted octanol–water partition coefficient (Wildman–Crippen LogP) is 5.43. The van der Waals surface area contributed by atoms with Crippen molar-refractivity contribution in [3.8, 4) is 34.3 Å². The number of benzene rings is 1. The van der Waals surface area contributed by atoms with Gasteiger partial charge in [0.1, 0.15) is 6.61 Å². The zero-order chi connectivity index (χ0) is 20.9. The number of nitrogens with zero attached hydrogens (tertiary/aromatic N) is 1. The number of terminal acetylenes is 1. The van der Waals surface area contributed by atoms with Gasteiger partial charge < -0.3 is 14.4 Å². The highest BCUT2D eigenvalue weighted by atomic mass is 32.1. The number of rotatable bonds is 5. The molecule has 2 aliphatic rings. The van der Waals surface area contributed by atoms with Crippen molar-refractivity contribution in [2.24, 2.45) is 5.92 Å². The number of ether oxygens (including phenoxy) is 2. The molecule has 1 aliphatic heterocycles. The molecule has 4 rings (SSSR count). The number of hydrogen-bond acceptors (Lipinski definition) is 4. The molecule has 1 aromatic carbocycles. The molecular formula is C25H29NO3S. The molecule has 0 radical (unpaired) electrons. The molecule has 4 nitrogen and oxygen atoms in total. The minimum atomic E-state index is 0.162. The topological polar surface area (TPSA) is 38.8 Å². The summed E-state index contributed by atoms with van der Waals surface area (Å²) < 4.78 is 12.1. The molecule has 1 saturated carbocycles. The molecule has 1 fully saturated rings. The van der Waals surface area contributed by atoms with Crippen LogP contribution in [-0.4, -0.2) is 30.6 Å². The first-order valence-corrected chi connectivity index (χ1v) is 11.7. The van der Waals surface area contributed by atoms with E-state index in [-0.39, 0.29) is 11.8 Å². The van der Waals surface area contributed by atoms with Gasteiger partial charge in [-0.25, -0.2) is 0 Å². The van der Waals surface area contributed by atoms with Crippen LogP contribution >= 0.6 is 11.3 Å². The smallest absolute Gasteiger partial charge is 0.226 e. The minimum Gasteiger partial charge on any atom is -0.489 e. The van der Waals surface area contributed by atoms with E-state index in [0.29, 0.717) is 32.7 Å². The second-order valence-corrected chi connectivity index (χ2v) is 9.41. The van der Waals surface area contributed by atoms with Crippen LogP contribution in [0.3, 0.4) is 0 Å². The van der Waals surface area contributed by atoms with Crippen molar-refractivity contribution in [2.45, 2.75) is 52.0 Å². The maximum absolute atomic E-state index is 13.2. The Hall–Kier alpha value is -2.45. The lowest BCUT2D eigenvalue weighted by Gasteiger charge is -2.28. The van der Waals surface area contributed by atoms with Crippen LogP contribution in [0.1, 0.15) is 49.0 Å². The van der Waals surface area contributed by atoms with Crippen molar-refractivity contribution in [1.82, 2.24) is 4.90 Å². The third-order valence-electron chi connectivity index (χ3n) is 5.90. The first kappa shape index (κ1) is 20.8. The zero-order valence-corrected chi connectivity index (χ0v) is 18.4. The van der Waals surface area contributed by atoms with E-state index in [1.165, 1.54) is 16.2 Å². The van der Waals surface area contributed by atoms with E-state index in [2.05, 4.69) is 31.0 Å². The molecule has 5 heteroatoms. The average molecular weight is 424 g/mol. The number of carbonyl (C=O) groups excluding carboxylic acids is 1. The van der Waals surface area contributed by atoms with Crippen LogP contribution in [0.15, 0.2) is 24.3 Å². The molecule has 0 N–H and O–H groups in total. The summed E-state index contributed by atoms with van der Waals surface area (Å²) >= 11 is 1.75. The maximum atomic E-state index is 13.2. The summed E-state index contributed by atoms with van der Waals surface area (Å²) in [5.41, 5.74) is 2.11. The molecule has 2 heterocycles. The van der Waals surface area contributed by atoms with Gasteiger partial charge in [0.25, 0.3) is 0 Å². The number of carbonyl (C=O) groups is 1. The first-order chi connectivity index (χ1) is 14.7. The Bertz CT molecular complexity index is 936. The Kier molecular flexibility index (Phi) is 6.64. The monoisotopic (exact) mass is 423 g/mol. The molecule has 0 unspecified atom stereocenters. The largest absolute Gasteiger partial charge is 0.489 e. The molecule has 2 aromatic rings. The lowest BCUT2D eigenvalue weighted by molar-refractivity contribution is -0.137. The fourth-order valence-corrected chi connectivity index (χ4v) is 5.19.